The van der Waals surface area contributed by atoms with Crippen LogP contribution in [0.25, 0.3) is 0 Å². The van der Waals surface area contributed by atoms with E-state index in [1.165, 1.54) is 12.1 Å². The Morgan fingerprint density at radius 3 is 2.45 bits per heavy atom. The molecule has 0 bridgehead atoms. The second-order valence-electron chi connectivity index (χ2n) is 6.33. The minimum Gasteiger partial charge on any atom is -0.494 e. The molecule has 2 aromatic rings. The van der Waals surface area contributed by atoms with Crippen LogP contribution in [0.15, 0.2) is 59.8 Å². The van der Waals surface area contributed by atoms with Gasteiger partial charge in [-0.05, 0) is 68.0 Å². The van der Waals surface area contributed by atoms with Crippen LogP contribution in [0.5, 0.6) is 5.75 Å². The number of amides is 1. The van der Waals surface area contributed by atoms with Crippen LogP contribution in [0.1, 0.15) is 25.5 Å². The number of non-ortho nitro benzene ring substituents is 1. The summed E-state index contributed by atoms with van der Waals surface area (Å²) in [6.45, 7) is 4.22. The molecule has 0 aromatic heterocycles. The smallest absolute Gasteiger partial charge is 0.269 e. The van der Waals surface area contributed by atoms with Gasteiger partial charge < -0.3 is 20.7 Å². The first kappa shape index (κ1) is 20.3. The molecule has 0 radical (unpaired) electrons. The molecule has 1 aliphatic rings. The molecule has 0 fully saturated rings. The lowest BCUT2D eigenvalue weighted by molar-refractivity contribution is -0.384. The number of nitro groups is 1. The molecular weight excluding hydrogens is 392 g/mol. The van der Waals surface area contributed by atoms with Gasteiger partial charge in [0, 0.05) is 23.5 Å². The zero-order chi connectivity index (χ0) is 21.0. The summed E-state index contributed by atoms with van der Waals surface area (Å²) < 4.78 is 5.41. The second-order valence-corrected chi connectivity index (χ2v) is 6.74. The lowest BCUT2D eigenvalue weighted by Gasteiger charge is -2.30. The average Bonchev–Trinajstić information content (AvgIpc) is 2.69. The summed E-state index contributed by atoms with van der Waals surface area (Å²) >= 11 is 5.23. The number of anilines is 1. The highest BCUT2D eigenvalue weighted by Gasteiger charge is 2.30. The van der Waals surface area contributed by atoms with Crippen molar-refractivity contribution in [3.8, 4) is 5.75 Å². The number of hydrogen-bond donors (Lipinski definition) is 3. The maximum absolute atomic E-state index is 13.0. The third-order valence-electron chi connectivity index (χ3n) is 4.37. The molecule has 1 unspecified atom stereocenters. The number of carbonyl (C=O) groups excluding carboxylic acids is 1. The van der Waals surface area contributed by atoms with Gasteiger partial charge in [0.05, 0.1) is 23.1 Å². The fourth-order valence-electron chi connectivity index (χ4n) is 3.03. The predicted molar refractivity (Wildman–Crippen MR) is 114 cm³/mol. The summed E-state index contributed by atoms with van der Waals surface area (Å²) in [5, 5.41) is 20.2. The molecule has 3 rings (SSSR count). The highest BCUT2D eigenvalue weighted by atomic mass is 32.1. The van der Waals surface area contributed by atoms with E-state index in [1.54, 1.807) is 43.3 Å². The van der Waals surface area contributed by atoms with Crippen LogP contribution in [0, 0.1) is 10.1 Å². The number of nitrogens with one attached hydrogen (secondary N) is 3. The average molecular weight is 412 g/mol. The molecule has 29 heavy (non-hydrogen) atoms. The summed E-state index contributed by atoms with van der Waals surface area (Å²) in [5.74, 6) is 0.411. The van der Waals surface area contributed by atoms with Gasteiger partial charge in [-0.15, -0.1) is 0 Å². The van der Waals surface area contributed by atoms with Gasteiger partial charge in [0.25, 0.3) is 11.6 Å². The van der Waals surface area contributed by atoms with Crippen molar-refractivity contribution in [1.82, 2.24) is 10.6 Å². The quantitative estimate of drug-likeness (QED) is 0.379. The fourth-order valence-corrected chi connectivity index (χ4v) is 3.30. The van der Waals surface area contributed by atoms with Gasteiger partial charge in [0.2, 0.25) is 0 Å². The van der Waals surface area contributed by atoms with Crippen LogP contribution in [-0.4, -0.2) is 22.5 Å². The molecule has 1 amide bonds. The Kier molecular flexibility index (Phi) is 6.08. The van der Waals surface area contributed by atoms with Gasteiger partial charge in [0.1, 0.15) is 5.75 Å². The number of thiocarbonyl (C=S) groups is 1. The maximum Gasteiger partial charge on any atom is 0.269 e. The molecule has 9 heteroatoms. The van der Waals surface area contributed by atoms with Gasteiger partial charge >= 0.3 is 0 Å². The number of rotatable bonds is 6. The number of nitrogens with zero attached hydrogens (tertiary/aromatic N) is 1. The van der Waals surface area contributed by atoms with E-state index in [1.807, 2.05) is 6.92 Å². The normalized spacial score (nSPS) is 15.9. The number of benzene rings is 2. The Morgan fingerprint density at radius 1 is 1.21 bits per heavy atom. The highest BCUT2D eigenvalue weighted by molar-refractivity contribution is 7.80. The first-order chi connectivity index (χ1) is 13.9. The Labute approximate surface area is 173 Å². The minimum atomic E-state index is -0.535. The van der Waals surface area contributed by atoms with Gasteiger partial charge in [-0.25, -0.2) is 0 Å². The Bertz CT molecular complexity index is 971. The number of ether oxygens (including phenoxy) is 1. The van der Waals surface area contributed by atoms with Gasteiger partial charge in [0.15, 0.2) is 5.11 Å². The van der Waals surface area contributed by atoms with Crippen LogP contribution in [0.4, 0.5) is 11.4 Å². The summed E-state index contributed by atoms with van der Waals surface area (Å²) in [6, 6.07) is 12.6. The summed E-state index contributed by atoms with van der Waals surface area (Å²) in [5.41, 5.74) is 2.35. The van der Waals surface area contributed by atoms with Crippen molar-refractivity contribution >= 4 is 34.6 Å². The van der Waals surface area contributed by atoms with Crippen molar-refractivity contribution in [2.75, 3.05) is 11.9 Å². The Balaban J connectivity index is 1.86. The molecule has 0 saturated carbocycles. The summed E-state index contributed by atoms with van der Waals surface area (Å²) in [6.07, 6.45) is 0. The monoisotopic (exact) mass is 412 g/mol. The SMILES string of the molecule is CCOc1ccc(NC(=O)C2=C(C)NC(=S)NC2c2ccc([N+](=O)[O-])cc2)cc1. The second kappa shape index (κ2) is 8.70. The molecule has 0 aliphatic carbocycles. The first-order valence-corrected chi connectivity index (χ1v) is 9.36. The van der Waals surface area contributed by atoms with Crippen molar-refractivity contribution in [2.45, 2.75) is 19.9 Å². The first-order valence-electron chi connectivity index (χ1n) is 8.96. The predicted octanol–water partition coefficient (Wildman–Crippen LogP) is 3.43. The largest absolute Gasteiger partial charge is 0.494 e. The third kappa shape index (κ3) is 4.69. The molecule has 3 N–H and O–H groups in total. The van der Waals surface area contributed by atoms with Crippen LogP contribution in [0.2, 0.25) is 0 Å². The zero-order valence-corrected chi connectivity index (χ0v) is 16.7. The third-order valence-corrected chi connectivity index (χ3v) is 4.59. The van der Waals surface area contributed by atoms with E-state index in [9.17, 15) is 14.9 Å². The molecule has 1 heterocycles. The van der Waals surface area contributed by atoms with E-state index >= 15 is 0 Å². The van der Waals surface area contributed by atoms with Gasteiger partial charge in [-0.1, -0.05) is 0 Å². The molecule has 1 aliphatic heterocycles. The van der Waals surface area contributed by atoms with Crippen molar-refractivity contribution in [3.63, 3.8) is 0 Å². The molecule has 2 aromatic carbocycles. The van der Waals surface area contributed by atoms with Crippen molar-refractivity contribution < 1.29 is 14.5 Å². The van der Waals surface area contributed by atoms with E-state index in [4.69, 9.17) is 17.0 Å². The fraction of sp³-hybridized carbons (Fsp3) is 0.200. The lowest BCUT2D eigenvalue weighted by atomic mass is 9.94. The zero-order valence-electron chi connectivity index (χ0n) is 15.9. The van der Waals surface area contributed by atoms with Crippen LogP contribution < -0.4 is 20.7 Å². The Hall–Kier alpha value is -3.46. The van der Waals surface area contributed by atoms with Crippen molar-refractivity contribution in [2.24, 2.45) is 0 Å². The van der Waals surface area contributed by atoms with E-state index < -0.39 is 11.0 Å². The minimum absolute atomic E-state index is 0.0219. The molecular formula is C20H20N4O4S. The standard InChI is InChI=1S/C20H20N4O4S/c1-3-28-16-10-6-14(7-11-16)22-19(25)17-12(2)21-20(29)23-18(17)13-4-8-15(9-5-13)24(26)27/h4-11,18H,3H2,1-2H3,(H,22,25)(H2,21,23,29). The number of carbonyl (C=O) groups is 1. The van der Waals surface area contributed by atoms with E-state index in [-0.39, 0.29) is 11.6 Å². The van der Waals surface area contributed by atoms with E-state index in [0.717, 1.165) is 5.75 Å². The molecule has 8 nitrogen and oxygen atoms in total. The van der Waals surface area contributed by atoms with Gasteiger partial charge in [-0.2, -0.15) is 0 Å². The molecule has 0 spiro atoms. The summed E-state index contributed by atoms with van der Waals surface area (Å²) in [4.78, 5) is 23.5. The lowest BCUT2D eigenvalue weighted by Crippen LogP contribution is -2.45. The highest BCUT2D eigenvalue weighted by Crippen LogP contribution is 2.29. The number of nitro benzene ring substituents is 1. The molecule has 150 valence electrons. The van der Waals surface area contributed by atoms with Gasteiger partial charge in [-0.3, -0.25) is 14.9 Å². The van der Waals surface area contributed by atoms with Crippen LogP contribution in [-0.2, 0) is 4.79 Å². The van der Waals surface area contributed by atoms with Crippen molar-refractivity contribution in [3.05, 3.63) is 75.5 Å². The number of allylic oxidation sites excluding steroid dienone is 1. The van der Waals surface area contributed by atoms with Crippen LogP contribution in [0.3, 0.4) is 0 Å². The van der Waals surface area contributed by atoms with E-state index in [0.29, 0.717) is 34.2 Å². The van der Waals surface area contributed by atoms with Crippen LogP contribution >= 0.6 is 12.2 Å². The van der Waals surface area contributed by atoms with E-state index in [2.05, 4.69) is 16.0 Å². The maximum atomic E-state index is 13.0. The van der Waals surface area contributed by atoms with Crippen molar-refractivity contribution in [1.29, 1.82) is 0 Å². The Morgan fingerprint density at radius 2 is 1.86 bits per heavy atom. The topological polar surface area (TPSA) is 106 Å². The molecule has 0 saturated heterocycles. The molecule has 1 atom stereocenters. The number of hydrogen-bond acceptors (Lipinski definition) is 5. The summed E-state index contributed by atoms with van der Waals surface area (Å²) in [7, 11) is 0.